The molecule has 130 valence electrons. The lowest BCUT2D eigenvalue weighted by Gasteiger charge is -2.31. The summed E-state index contributed by atoms with van der Waals surface area (Å²) >= 11 is 5.76. The van der Waals surface area contributed by atoms with Gasteiger partial charge in [-0.05, 0) is 13.3 Å². The molecule has 4 atom stereocenters. The van der Waals surface area contributed by atoms with Crippen LogP contribution in [0.25, 0.3) is 0 Å². The molecule has 0 spiro atoms. The molecule has 0 aliphatic carbocycles. The van der Waals surface area contributed by atoms with E-state index < -0.39 is 35.8 Å². The topological polar surface area (TPSA) is 72.9 Å². The first-order chi connectivity index (χ1) is 11.0. The van der Waals surface area contributed by atoms with Crippen LogP contribution < -0.4 is 0 Å². The van der Waals surface area contributed by atoms with E-state index in [1.165, 1.54) is 19.8 Å². The first-order valence-corrected chi connectivity index (χ1v) is 8.75. The summed E-state index contributed by atoms with van der Waals surface area (Å²) in [5.74, 6) is -0.640. The second kappa shape index (κ2) is 8.11. The number of hydrogen-bond acceptors (Lipinski definition) is 5. The first-order valence-electron chi connectivity index (χ1n) is 8.31. The molecular formula is C16H24ClNO5. The van der Waals surface area contributed by atoms with Crippen LogP contribution in [0.2, 0.25) is 0 Å². The molecule has 2 aliphatic heterocycles. The van der Waals surface area contributed by atoms with Crippen molar-refractivity contribution in [3.8, 4) is 0 Å². The predicted octanol–water partition coefficient (Wildman–Crippen LogP) is 3.01. The summed E-state index contributed by atoms with van der Waals surface area (Å²) in [6.45, 7) is 3.63. The Morgan fingerprint density at radius 2 is 2.00 bits per heavy atom. The third-order valence-corrected chi connectivity index (χ3v) is 4.46. The zero-order valence-corrected chi connectivity index (χ0v) is 14.4. The molecule has 0 aromatic rings. The number of nitrogens with zero attached hydrogens (tertiary/aromatic N) is 1. The fraction of sp³-hybridized carbons (Fsp3) is 0.812. The van der Waals surface area contributed by atoms with E-state index in [-0.39, 0.29) is 12.2 Å². The lowest BCUT2D eigenvalue weighted by Crippen LogP contribution is -2.51. The quantitative estimate of drug-likeness (QED) is 0.524. The number of alkyl halides is 1. The van der Waals surface area contributed by atoms with Gasteiger partial charge in [-0.3, -0.25) is 9.59 Å². The molecule has 0 N–H and O–H groups in total. The second-order valence-electron chi connectivity index (χ2n) is 6.14. The van der Waals surface area contributed by atoms with Crippen LogP contribution in [0.1, 0.15) is 58.8 Å². The van der Waals surface area contributed by atoms with E-state index in [4.69, 9.17) is 21.1 Å². The van der Waals surface area contributed by atoms with Crippen molar-refractivity contribution in [2.75, 3.05) is 0 Å². The van der Waals surface area contributed by atoms with Crippen LogP contribution in [0.15, 0.2) is 0 Å². The summed E-state index contributed by atoms with van der Waals surface area (Å²) in [4.78, 5) is 37.0. The van der Waals surface area contributed by atoms with Crippen LogP contribution in [0, 0.1) is 0 Å². The average Bonchev–Trinajstić information content (AvgIpc) is 2.81. The molecule has 2 aliphatic rings. The van der Waals surface area contributed by atoms with Crippen molar-refractivity contribution in [2.45, 2.75) is 82.6 Å². The van der Waals surface area contributed by atoms with Gasteiger partial charge in [0.2, 0.25) is 12.2 Å². The van der Waals surface area contributed by atoms with Gasteiger partial charge in [-0.25, -0.2) is 9.69 Å². The van der Waals surface area contributed by atoms with Crippen molar-refractivity contribution in [1.82, 2.24) is 4.90 Å². The number of fused-ring (bicyclic) bond motifs is 1. The minimum absolute atomic E-state index is 0.0748. The van der Waals surface area contributed by atoms with Crippen molar-refractivity contribution in [2.24, 2.45) is 0 Å². The lowest BCUT2D eigenvalue weighted by atomic mass is 9.97. The van der Waals surface area contributed by atoms with Crippen LogP contribution >= 0.6 is 11.6 Å². The fourth-order valence-corrected chi connectivity index (χ4v) is 3.09. The first kappa shape index (κ1) is 18.2. The number of unbranched alkanes of at least 4 members (excludes halogenated alkanes) is 4. The van der Waals surface area contributed by atoms with Crippen molar-refractivity contribution in [3.05, 3.63) is 0 Å². The molecule has 0 bridgehead atoms. The zero-order valence-electron chi connectivity index (χ0n) is 13.6. The Kier molecular flexibility index (Phi) is 6.41. The van der Waals surface area contributed by atoms with Crippen LogP contribution in [0.5, 0.6) is 0 Å². The highest BCUT2D eigenvalue weighted by Crippen LogP contribution is 2.31. The van der Waals surface area contributed by atoms with Gasteiger partial charge in [0.05, 0.1) is 0 Å². The Hall–Kier alpha value is -1.14. The van der Waals surface area contributed by atoms with Gasteiger partial charge < -0.3 is 9.47 Å². The van der Waals surface area contributed by atoms with Gasteiger partial charge in [0.25, 0.3) is 0 Å². The number of hydrogen-bond donors (Lipinski definition) is 0. The van der Waals surface area contributed by atoms with Gasteiger partial charge >= 0.3 is 6.09 Å². The van der Waals surface area contributed by atoms with E-state index in [2.05, 4.69) is 6.92 Å². The van der Waals surface area contributed by atoms with Crippen LogP contribution in [-0.4, -0.2) is 46.5 Å². The minimum Gasteiger partial charge on any atom is -0.417 e. The van der Waals surface area contributed by atoms with E-state index in [1.54, 1.807) is 0 Å². The maximum Gasteiger partial charge on any atom is 0.419 e. The van der Waals surface area contributed by atoms with Gasteiger partial charge in [-0.2, -0.15) is 0 Å². The third kappa shape index (κ3) is 4.23. The number of ketones is 1. The highest BCUT2D eigenvalue weighted by atomic mass is 35.5. The minimum atomic E-state index is -0.861. The summed E-state index contributed by atoms with van der Waals surface area (Å²) in [6, 6.07) is -0.694. The maximum atomic E-state index is 12.2. The number of Topliss-reactive ketones (excluding diaryl/α,β-unsaturated/α-hetero) is 1. The molecule has 2 amide bonds. The zero-order chi connectivity index (χ0) is 17.0. The van der Waals surface area contributed by atoms with E-state index >= 15 is 0 Å². The molecule has 2 saturated heterocycles. The molecule has 0 radical (unpaired) electrons. The number of carbonyl (C=O) groups excluding carboxylic acids is 3. The Bertz CT molecular complexity index is 467. The number of carbonyl (C=O) groups is 3. The summed E-state index contributed by atoms with van der Waals surface area (Å²) < 4.78 is 10.7. The monoisotopic (exact) mass is 345 g/mol. The van der Waals surface area contributed by atoms with Crippen LogP contribution in [-0.2, 0) is 19.1 Å². The van der Waals surface area contributed by atoms with E-state index in [0.717, 1.165) is 24.2 Å². The third-order valence-electron chi connectivity index (χ3n) is 4.27. The molecule has 7 heteroatoms. The number of rotatable bonds is 7. The van der Waals surface area contributed by atoms with E-state index in [0.29, 0.717) is 6.42 Å². The average molecular weight is 346 g/mol. The van der Waals surface area contributed by atoms with Crippen LogP contribution in [0.4, 0.5) is 4.79 Å². The van der Waals surface area contributed by atoms with Gasteiger partial charge in [0.15, 0.2) is 5.78 Å². The highest BCUT2D eigenvalue weighted by Gasteiger charge is 2.52. The second-order valence-corrected chi connectivity index (χ2v) is 6.80. The number of imide groups is 1. The van der Waals surface area contributed by atoms with Gasteiger partial charge in [-0.1, -0.05) is 39.0 Å². The number of halogens is 1. The SMILES string of the molecule is CCCCCCCC1OC2OC(=O)N(C(=O)C(C)Cl)C2CC1=O. The summed E-state index contributed by atoms with van der Waals surface area (Å²) in [7, 11) is 0. The van der Waals surface area contributed by atoms with Crippen molar-refractivity contribution < 1.29 is 23.9 Å². The van der Waals surface area contributed by atoms with Gasteiger partial charge in [0.1, 0.15) is 17.5 Å². The molecule has 2 rings (SSSR count). The smallest absolute Gasteiger partial charge is 0.417 e. The summed E-state index contributed by atoms with van der Waals surface area (Å²) in [6.07, 6.45) is 3.98. The molecule has 2 heterocycles. The Morgan fingerprint density at radius 3 is 2.65 bits per heavy atom. The fourth-order valence-electron chi connectivity index (χ4n) is 2.98. The predicted molar refractivity (Wildman–Crippen MR) is 84.1 cm³/mol. The molecule has 4 unspecified atom stereocenters. The molecule has 23 heavy (non-hydrogen) atoms. The maximum absolute atomic E-state index is 12.2. The van der Waals surface area contributed by atoms with Crippen molar-refractivity contribution >= 4 is 29.4 Å². The van der Waals surface area contributed by atoms with Crippen LogP contribution in [0.3, 0.4) is 0 Å². The van der Waals surface area contributed by atoms with Crippen molar-refractivity contribution in [3.63, 3.8) is 0 Å². The summed E-state index contributed by atoms with van der Waals surface area (Å²) in [5, 5.41) is -0.854. The lowest BCUT2D eigenvalue weighted by molar-refractivity contribution is -0.175. The molecule has 2 fully saturated rings. The molecule has 0 saturated carbocycles. The van der Waals surface area contributed by atoms with Gasteiger partial charge in [0, 0.05) is 6.42 Å². The number of ether oxygens (including phenoxy) is 2. The Morgan fingerprint density at radius 1 is 1.30 bits per heavy atom. The largest absolute Gasteiger partial charge is 0.419 e. The number of amides is 2. The molecular weight excluding hydrogens is 322 g/mol. The Labute approximate surface area is 141 Å². The molecule has 0 aromatic heterocycles. The molecule has 6 nitrogen and oxygen atoms in total. The van der Waals surface area contributed by atoms with E-state index in [9.17, 15) is 14.4 Å². The standard InChI is InChI=1S/C16H24ClNO5/c1-3-4-5-6-7-8-13-12(19)9-11-15(22-13)23-16(21)18(11)14(20)10(2)17/h10-11,13,15H,3-9H2,1-2H3. The summed E-state index contributed by atoms with van der Waals surface area (Å²) in [5.41, 5.74) is 0. The highest BCUT2D eigenvalue weighted by molar-refractivity contribution is 6.31. The Balaban J connectivity index is 1.91. The van der Waals surface area contributed by atoms with Gasteiger partial charge in [-0.15, -0.1) is 11.6 Å². The molecule has 0 aromatic carbocycles. The van der Waals surface area contributed by atoms with E-state index in [1.807, 2.05) is 0 Å². The van der Waals surface area contributed by atoms with Crippen molar-refractivity contribution in [1.29, 1.82) is 0 Å². The normalized spacial score (nSPS) is 28.5.